The lowest BCUT2D eigenvalue weighted by Crippen LogP contribution is -2.38. The monoisotopic (exact) mass is 236 g/mol. The first-order chi connectivity index (χ1) is 8.06. The van der Waals surface area contributed by atoms with Gasteiger partial charge in [-0.3, -0.25) is 4.79 Å². The van der Waals surface area contributed by atoms with E-state index in [1.807, 2.05) is 32.9 Å². The van der Waals surface area contributed by atoms with Crippen molar-refractivity contribution in [2.24, 2.45) is 0 Å². The molecule has 0 aliphatic carbocycles. The minimum atomic E-state index is -0.0721. The van der Waals surface area contributed by atoms with Crippen molar-refractivity contribution >= 4 is 5.91 Å². The van der Waals surface area contributed by atoms with Gasteiger partial charge in [-0.15, -0.1) is 0 Å². The van der Waals surface area contributed by atoms with Crippen LogP contribution in [0.4, 0.5) is 0 Å². The van der Waals surface area contributed by atoms with E-state index in [2.05, 4.69) is 4.98 Å². The first kappa shape index (κ1) is 13.6. The van der Waals surface area contributed by atoms with Gasteiger partial charge in [0.2, 0.25) is 0 Å². The first-order valence-electron chi connectivity index (χ1n) is 5.91. The molecule has 0 radical (unpaired) electrons. The highest BCUT2D eigenvalue weighted by molar-refractivity contribution is 5.92. The molecule has 1 aromatic rings. The molecule has 94 valence electrons. The van der Waals surface area contributed by atoms with Gasteiger partial charge >= 0.3 is 0 Å². The summed E-state index contributed by atoms with van der Waals surface area (Å²) >= 11 is 0. The molecule has 0 aromatic carbocycles. The van der Waals surface area contributed by atoms with Crippen molar-refractivity contribution in [1.29, 1.82) is 0 Å². The number of nitrogens with zero attached hydrogens (tertiary/aromatic N) is 2. The van der Waals surface area contributed by atoms with E-state index in [9.17, 15) is 4.79 Å². The Hall–Kier alpha value is -1.42. The molecule has 1 aromatic heterocycles. The lowest BCUT2D eigenvalue weighted by molar-refractivity contribution is 0.0687. The number of aliphatic hydroxyl groups is 1. The van der Waals surface area contributed by atoms with E-state index in [0.717, 1.165) is 5.69 Å². The lowest BCUT2D eigenvalue weighted by Gasteiger charge is -2.26. The molecule has 0 aliphatic heterocycles. The van der Waals surface area contributed by atoms with E-state index in [0.29, 0.717) is 18.7 Å². The van der Waals surface area contributed by atoms with Crippen LogP contribution in [0.3, 0.4) is 0 Å². The molecule has 0 atom stereocenters. The van der Waals surface area contributed by atoms with E-state index < -0.39 is 0 Å². The second-order valence-corrected chi connectivity index (χ2v) is 4.33. The highest BCUT2D eigenvalue weighted by Crippen LogP contribution is 2.08. The van der Waals surface area contributed by atoms with E-state index in [4.69, 9.17) is 5.11 Å². The summed E-state index contributed by atoms with van der Waals surface area (Å²) in [5.41, 5.74) is 1.30. The fourth-order valence-corrected chi connectivity index (χ4v) is 1.64. The lowest BCUT2D eigenvalue weighted by atomic mass is 10.2. The van der Waals surface area contributed by atoms with Crippen molar-refractivity contribution in [2.45, 2.75) is 33.2 Å². The molecular formula is C13H20N2O2. The summed E-state index contributed by atoms with van der Waals surface area (Å²) in [5, 5.41) is 8.84. The molecule has 1 amide bonds. The van der Waals surface area contributed by atoms with Crippen molar-refractivity contribution in [1.82, 2.24) is 9.88 Å². The van der Waals surface area contributed by atoms with Gasteiger partial charge in [0.1, 0.15) is 5.69 Å². The smallest absolute Gasteiger partial charge is 0.272 e. The highest BCUT2D eigenvalue weighted by Gasteiger charge is 2.19. The van der Waals surface area contributed by atoms with Crippen LogP contribution in [-0.2, 0) is 0 Å². The molecule has 0 fully saturated rings. The Bertz CT molecular complexity index is 377. The zero-order valence-corrected chi connectivity index (χ0v) is 10.7. The van der Waals surface area contributed by atoms with Crippen LogP contribution in [0.15, 0.2) is 18.2 Å². The van der Waals surface area contributed by atoms with Gasteiger partial charge in [-0.05, 0) is 39.3 Å². The van der Waals surface area contributed by atoms with Crippen molar-refractivity contribution in [3.63, 3.8) is 0 Å². The van der Waals surface area contributed by atoms with Gasteiger partial charge < -0.3 is 10.0 Å². The first-order valence-corrected chi connectivity index (χ1v) is 5.91. The third-order valence-corrected chi connectivity index (χ3v) is 2.55. The van der Waals surface area contributed by atoms with Crippen LogP contribution in [0.25, 0.3) is 0 Å². The number of carbonyl (C=O) groups is 1. The molecular weight excluding hydrogens is 216 g/mol. The topological polar surface area (TPSA) is 53.4 Å². The fourth-order valence-electron chi connectivity index (χ4n) is 1.64. The number of aromatic nitrogens is 1. The Morgan fingerprint density at radius 1 is 1.47 bits per heavy atom. The maximum absolute atomic E-state index is 12.2. The molecule has 0 saturated carbocycles. The fraction of sp³-hybridized carbons (Fsp3) is 0.538. The Morgan fingerprint density at radius 2 is 2.18 bits per heavy atom. The standard InChI is InChI=1S/C13H20N2O2/c1-10(2)15(8-5-9-16)13(17)12-7-4-6-11(3)14-12/h4,6-7,10,16H,5,8-9H2,1-3H3. The zero-order valence-electron chi connectivity index (χ0n) is 10.7. The van der Waals surface area contributed by atoms with Crippen LogP contribution in [-0.4, -0.2) is 40.1 Å². The zero-order chi connectivity index (χ0) is 12.8. The quantitative estimate of drug-likeness (QED) is 0.845. The van der Waals surface area contributed by atoms with Crippen molar-refractivity contribution < 1.29 is 9.90 Å². The molecule has 1 N–H and O–H groups in total. The molecule has 0 bridgehead atoms. The second-order valence-electron chi connectivity index (χ2n) is 4.33. The predicted molar refractivity (Wildman–Crippen MR) is 66.8 cm³/mol. The van der Waals surface area contributed by atoms with Crippen LogP contribution in [0, 0.1) is 6.92 Å². The molecule has 4 nitrogen and oxygen atoms in total. The van der Waals surface area contributed by atoms with Crippen molar-refractivity contribution in [3.8, 4) is 0 Å². The van der Waals surface area contributed by atoms with Gasteiger partial charge in [-0.25, -0.2) is 4.98 Å². The number of pyridine rings is 1. The van der Waals surface area contributed by atoms with Crippen LogP contribution >= 0.6 is 0 Å². The number of amides is 1. The number of carbonyl (C=O) groups excluding carboxylic acids is 1. The molecule has 0 aliphatic rings. The largest absolute Gasteiger partial charge is 0.396 e. The van der Waals surface area contributed by atoms with E-state index in [1.165, 1.54) is 0 Å². The molecule has 0 spiro atoms. The van der Waals surface area contributed by atoms with Crippen molar-refractivity contribution in [3.05, 3.63) is 29.6 Å². The van der Waals surface area contributed by atoms with Crippen LogP contribution < -0.4 is 0 Å². The summed E-state index contributed by atoms with van der Waals surface area (Å²) in [6, 6.07) is 5.53. The average molecular weight is 236 g/mol. The molecule has 1 heterocycles. The summed E-state index contributed by atoms with van der Waals surface area (Å²) in [6.07, 6.45) is 0.593. The summed E-state index contributed by atoms with van der Waals surface area (Å²) in [6.45, 7) is 6.45. The second kappa shape index (κ2) is 6.35. The van der Waals surface area contributed by atoms with Gasteiger partial charge in [0.05, 0.1) is 0 Å². The van der Waals surface area contributed by atoms with Gasteiger partial charge in [-0.1, -0.05) is 6.07 Å². The maximum Gasteiger partial charge on any atom is 0.272 e. The van der Waals surface area contributed by atoms with E-state index in [1.54, 1.807) is 11.0 Å². The van der Waals surface area contributed by atoms with Gasteiger partial charge in [0.25, 0.3) is 5.91 Å². The van der Waals surface area contributed by atoms with E-state index in [-0.39, 0.29) is 18.6 Å². The normalized spacial score (nSPS) is 10.6. The molecule has 0 unspecified atom stereocenters. The SMILES string of the molecule is Cc1cccc(C(=O)N(CCCO)C(C)C)n1. The minimum Gasteiger partial charge on any atom is -0.396 e. The van der Waals surface area contributed by atoms with Crippen molar-refractivity contribution in [2.75, 3.05) is 13.2 Å². The number of hydrogen-bond donors (Lipinski definition) is 1. The minimum absolute atomic E-state index is 0.0721. The summed E-state index contributed by atoms with van der Waals surface area (Å²) < 4.78 is 0. The highest BCUT2D eigenvalue weighted by atomic mass is 16.3. The Morgan fingerprint density at radius 3 is 2.71 bits per heavy atom. The van der Waals surface area contributed by atoms with Crippen LogP contribution in [0.5, 0.6) is 0 Å². The molecule has 1 rings (SSSR count). The Balaban J connectivity index is 2.84. The summed E-state index contributed by atoms with van der Waals surface area (Å²) in [5.74, 6) is -0.0721. The van der Waals surface area contributed by atoms with Gasteiger partial charge in [0, 0.05) is 24.9 Å². The van der Waals surface area contributed by atoms with Crippen LogP contribution in [0.2, 0.25) is 0 Å². The molecule has 0 saturated heterocycles. The number of rotatable bonds is 5. The number of aliphatic hydroxyl groups excluding tert-OH is 1. The Labute approximate surface area is 102 Å². The summed E-state index contributed by atoms with van der Waals surface area (Å²) in [7, 11) is 0. The summed E-state index contributed by atoms with van der Waals surface area (Å²) in [4.78, 5) is 18.2. The Kier molecular flexibility index (Phi) is 5.10. The van der Waals surface area contributed by atoms with Gasteiger partial charge in [-0.2, -0.15) is 0 Å². The maximum atomic E-state index is 12.2. The molecule has 4 heteroatoms. The van der Waals surface area contributed by atoms with E-state index >= 15 is 0 Å². The van der Waals surface area contributed by atoms with Crippen LogP contribution in [0.1, 0.15) is 36.5 Å². The van der Waals surface area contributed by atoms with Gasteiger partial charge in [0.15, 0.2) is 0 Å². The third kappa shape index (κ3) is 3.82. The number of aryl methyl sites for hydroxylation is 1. The third-order valence-electron chi connectivity index (χ3n) is 2.55. The number of hydrogen-bond acceptors (Lipinski definition) is 3. The average Bonchev–Trinajstić information content (AvgIpc) is 2.29. The molecule has 17 heavy (non-hydrogen) atoms. The predicted octanol–water partition coefficient (Wildman–Crippen LogP) is 1.62.